The Morgan fingerprint density at radius 1 is 1.40 bits per heavy atom. The van der Waals surface area contributed by atoms with Gasteiger partial charge in [-0.25, -0.2) is 4.98 Å². The Balaban J connectivity index is 1.53. The lowest BCUT2D eigenvalue weighted by molar-refractivity contribution is 0.102. The standard InChI is InChI=1S/C18H21N5OS/c1-22(2)14-6-8-23(11-14)18-21-15-4-3-13(9-16(15)25-18)20-17(24)12-5-7-19-10-12/h3-5,7,9-10,14,19H,6,8,11H2,1-2H3,(H,20,24). The molecule has 130 valence electrons. The van der Waals surface area contributed by atoms with Crippen LogP contribution in [0.5, 0.6) is 0 Å². The van der Waals surface area contributed by atoms with Crippen LogP contribution < -0.4 is 10.2 Å². The van der Waals surface area contributed by atoms with Gasteiger partial charge in [0.25, 0.3) is 5.91 Å². The maximum absolute atomic E-state index is 12.2. The predicted molar refractivity (Wildman–Crippen MR) is 103 cm³/mol. The van der Waals surface area contributed by atoms with Crippen LogP contribution in [0.25, 0.3) is 10.2 Å². The number of fused-ring (bicyclic) bond motifs is 1. The van der Waals surface area contributed by atoms with E-state index in [1.807, 2.05) is 18.2 Å². The molecule has 3 aromatic rings. The number of thiazole rings is 1. The van der Waals surface area contributed by atoms with Gasteiger partial charge in [-0.3, -0.25) is 4.79 Å². The van der Waals surface area contributed by atoms with E-state index in [1.54, 1.807) is 29.8 Å². The molecule has 1 saturated heterocycles. The molecule has 4 rings (SSSR count). The summed E-state index contributed by atoms with van der Waals surface area (Å²) in [7, 11) is 4.26. The second-order valence-corrected chi connectivity index (χ2v) is 7.59. The Morgan fingerprint density at radius 2 is 2.28 bits per heavy atom. The maximum atomic E-state index is 12.2. The minimum atomic E-state index is -0.112. The fourth-order valence-electron chi connectivity index (χ4n) is 3.13. The van der Waals surface area contributed by atoms with Crippen molar-refractivity contribution in [3.63, 3.8) is 0 Å². The minimum absolute atomic E-state index is 0.112. The van der Waals surface area contributed by atoms with Gasteiger partial charge in [-0.2, -0.15) is 0 Å². The molecule has 1 unspecified atom stereocenters. The second-order valence-electron chi connectivity index (χ2n) is 6.58. The lowest BCUT2D eigenvalue weighted by atomic mass is 10.2. The third-order valence-corrected chi connectivity index (χ3v) is 5.74. The van der Waals surface area contributed by atoms with Crippen molar-refractivity contribution in [2.75, 3.05) is 37.4 Å². The number of nitrogens with zero attached hydrogens (tertiary/aromatic N) is 3. The highest BCUT2D eigenvalue weighted by atomic mass is 32.1. The molecule has 1 aliphatic heterocycles. The first-order valence-corrected chi connectivity index (χ1v) is 9.18. The largest absolute Gasteiger partial charge is 0.367 e. The summed E-state index contributed by atoms with van der Waals surface area (Å²) in [5.74, 6) is -0.112. The highest BCUT2D eigenvalue weighted by Crippen LogP contribution is 2.33. The topological polar surface area (TPSA) is 64.3 Å². The second kappa shape index (κ2) is 6.50. The summed E-state index contributed by atoms with van der Waals surface area (Å²) in [5.41, 5.74) is 2.39. The number of aromatic nitrogens is 2. The van der Waals surface area contributed by atoms with Gasteiger partial charge in [0, 0.05) is 37.2 Å². The Morgan fingerprint density at radius 3 is 3.00 bits per heavy atom. The number of amides is 1. The quantitative estimate of drug-likeness (QED) is 0.755. The fraction of sp³-hybridized carbons (Fsp3) is 0.333. The number of likely N-dealkylation sites (N-methyl/N-ethyl adjacent to an activating group) is 1. The molecule has 0 saturated carbocycles. The Labute approximate surface area is 150 Å². The maximum Gasteiger partial charge on any atom is 0.257 e. The molecule has 0 aliphatic carbocycles. The lowest BCUT2D eigenvalue weighted by Gasteiger charge is -2.19. The first kappa shape index (κ1) is 16.1. The fourth-order valence-corrected chi connectivity index (χ4v) is 4.17. The van der Waals surface area contributed by atoms with Crippen molar-refractivity contribution in [2.45, 2.75) is 12.5 Å². The summed E-state index contributed by atoms with van der Waals surface area (Å²) in [6.07, 6.45) is 4.60. The van der Waals surface area contributed by atoms with E-state index < -0.39 is 0 Å². The number of aromatic amines is 1. The van der Waals surface area contributed by atoms with Crippen LogP contribution in [0.3, 0.4) is 0 Å². The van der Waals surface area contributed by atoms with Crippen LogP contribution >= 0.6 is 11.3 Å². The molecule has 1 aliphatic rings. The highest BCUT2D eigenvalue weighted by Gasteiger charge is 2.26. The highest BCUT2D eigenvalue weighted by molar-refractivity contribution is 7.22. The number of H-pyrrole nitrogens is 1. The van der Waals surface area contributed by atoms with Crippen LogP contribution in [-0.2, 0) is 0 Å². The van der Waals surface area contributed by atoms with Gasteiger partial charge in [0.2, 0.25) is 0 Å². The molecule has 1 atom stereocenters. The summed E-state index contributed by atoms with van der Waals surface area (Å²) in [6.45, 7) is 2.06. The zero-order valence-electron chi connectivity index (χ0n) is 14.3. The van der Waals surface area contributed by atoms with Gasteiger partial charge < -0.3 is 20.1 Å². The van der Waals surface area contributed by atoms with E-state index in [0.29, 0.717) is 11.6 Å². The van der Waals surface area contributed by atoms with Crippen molar-refractivity contribution in [3.05, 3.63) is 42.2 Å². The van der Waals surface area contributed by atoms with Crippen LogP contribution in [0.1, 0.15) is 16.8 Å². The van der Waals surface area contributed by atoms with E-state index >= 15 is 0 Å². The first-order valence-electron chi connectivity index (χ1n) is 8.36. The molecule has 6 nitrogen and oxygen atoms in total. The molecule has 2 N–H and O–H groups in total. The average molecular weight is 355 g/mol. The minimum Gasteiger partial charge on any atom is -0.367 e. The smallest absolute Gasteiger partial charge is 0.257 e. The molecular formula is C18H21N5OS. The first-order chi connectivity index (χ1) is 12.1. The summed E-state index contributed by atoms with van der Waals surface area (Å²) in [4.78, 5) is 24.5. The van der Waals surface area contributed by atoms with Gasteiger partial charge in [-0.05, 0) is 44.8 Å². The van der Waals surface area contributed by atoms with Crippen molar-refractivity contribution >= 4 is 38.3 Å². The Hall–Kier alpha value is -2.38. The third kappa shape index (κ3) is 3.25. The number of hydrogen-bond acceptors (Lipinski definition) is 5. The number of carbonyl (C=O) groups is 1. The monoisotopic (exact) mass is 355 g/mol. The molecule has 0 spiro atoms. The number of anilines is 2. The molecule has 1 aromatic carbocycles. The van der Waals surface area contributed by atoms with E-state index in [-0.39, 0.29) is 5.91 Å². The molecule has 7 heteroatoms. The molecule has 1 fully saturated rings. The molecule has 25 heavy (non-hydrogen) atoms. The zero-order valence-corrected chi connectivity index (χ0v) is 15.1. The normalized spacial score (nSPS) is 17.6. The van der Waals surface area contributed by atoms with Crippen LogP contribution in [-0.4, -0.2) is 54.0 Å². The van der Waals surface area contributed by atoms with Crippen LogP contribution in [0.4, 0.5) is 10.8 Å². The third-order valence-electron chi connectivity index (χ3n) is 4.66. The predicted octanol–water partition coefficient (Wildman–Crippen LogP) is 3.02. The molecule has 2 aromatic heterocycles. The van der Waals surface area contributed by atoms with Crippen LogP contribution in [0.2, 0.25) is 0 Å². The van der Waals surface area contributed by atoms with Gasteiger partial charge in [-0.1, -0.05) is 11.3 Å². The van der Waals surface area contributed by atoms with E-state index in [4.69, 9.17) is 4.98 Å². The Bertz CT molecular complexity index is 886. The van der Waals surface area contributed by atoms with Crippen LogP contribution in [0, 0.1) is 0 Å². The average Bonchev–Trinajstić information content (AvgIpc) is 3.33. The summed E-state index contributed by atoms with van der Waals surface area (Å²) >= 11 is 1.69. The number of rotatable bonds is 4. The van der Waals surface area contributed by atoms with Gasteiger partial charge in [-0.15, -0.1) is 0 Å². The number of hydrogen-bond donors (Lipinski definition) is 2. The molecule has 0 bridgehead atoms. The van der Waals surface area contributed by atoms with E-state index in [9.17, 15) is 4.79 Å². The Kier molecular flexibility index (Phi) is 4.19. The number of nitrogens with one attached hydrogen (secondary N) is 2. The SMILES string of the molecule is CN(C)C1CCN(c2nc3ccc(NC(=O)c4cc[nH]c4)cc3s2)C1. The van der Waals surface area contributed by atoms with Gasteiger partial charge in [0.1, 0.15) is 0 Å². The van der Waals surface area contributed by atoms with Crippen molar-refractivity contribution in [3.8, 4) is 0 Å². The molecule has 0 radical (unpaired) electrons. The van der Waals surface area contributed by atoms with Crippen molar-refractivity contribution in [2.24, 2.45) is 0 Å². The van der Waals surface area contributed by atoms with Crippen molar-refractivity contribution < 1.29 is 4.79 Å². The van der Waals surface area contributed by atoms with Gasteiger partial charge >= 0.3 is 0 Å². The summed E-state index contributed by atoms with van der Waals surface area (Å²) < 4.78 is 1.09. The van der Waals surface area contributed by atoms with Crippen LogP contribution in [0.15, 0.2) is 36.7 Å². The van der Waals surface area contributed by atoms with Gasteiger partial charge in [0.05, 0.1) is 15.8 Å². The van der Waals surface area contributed by atoms with E-state index in [2.05, 4.69) is 34.2 Å². The molecular weight excluding hydrogens is 334 g/mol. The zero-order chi connectivity index (χ0) is 17.4. The molecule has 1 amide bonds. The van der Waals surface area contributed by atoms with E-state index in [0.717, 1.165) is 34.1 Å². The lowest BCUT2D eigenvalue weighted by Crippen LogP contribution is -2.31. The molecule has 3 heterocycles. The number of benzene rings is 1. The van der Waals surface area contributed by atoms with Crippen molar-refractivity contribution in [1.82, 2.24) is 14.9 Å². The van der Waals surface area contributed by atoms with Crippen molar-refractivity contribution in [1.29, 1.82) is 0 Å². The summed E-state index contributed by atoms with van der Waals surface area (Å²) in [5, 5.41) is 4.00. The number of carbonyl (C=O) groups excluding carboxylic acids is 1. The van der Waals surface area contributed by atoms with Gasteiger partial charge in [0.15, 0.2) is 5.13 Å². The van der Waals surface area contributed by atoms with E-state index in [1.165, 1.54) is 6.42 Å². The summed E-state index contributed by atoms with van der Waals surface area (Å²) in [6, 6.07) is 8.22.